The second kappa shape index (κ2) is 9.11. The summed E-state index contributed by atoms with van der Waals surface area (Å²) in [7, 11) is 1.75. The molecule has 0 heterocycles. The fraction of sp³-hybridized carbons (Fsp3) is 0.500. The third kappa shape index (κ3) is 5.68. The Kier molecular flexibility index (Phi) is 7.82. The molecular weight excluding hydrogens is 337 g/mol. The molecule has 2 amide bonds. The van der Waals surface area contributed by atoms with E-state index in [-0.39, 0.29) is 18.4 Å². The number of amides is 2. The molecule has 0 spiro atoms. The van der Waals surface area contributed by atoms with E-state index in [4.69, 9.17) is 23.2 Å². The van der Waals surface area contributed by atoms with Crippen LogP contribution in [-0.2, 0) is 9.59 Å². The largest absolute Gasteiger partial charge is 0.342 e. The Labute approximate surface area is 147 Å². The number of nitrogens with one attached hydrogen (secondary N) is 1. The molecule has 128 valence electrons. The number of carbonyl (C=O) groups is 2. The molecule has 0 saturated carbocycles. The van der Waals surface area contributed by atoms with E-state index in [0.717, 1.165) is 0 Å². The topological polar surface area (TPSA) is 52.7 Å². The van der Waals surface area contributed by atoms with Gasteiger partial charge in [0.2, 0.25) is 11.8 Å². The summed E-state index contributed by atoms with van der Waals surface area (Å²) in [6, 6.07) is 4.40. The van der Waals surface area contributed by atoms with Crippen molar-refractivity contribution in [2.45, 2.75) is 26.8 Å². The first-order valence-corrected chi connectivity index (χ1v) is 8.29. The molecule has 0 fully saturated rings. The predicted molar refractivity (Wildman–Crippen MR) is 95.1 cm³/mol. The number of hydrogen-bond acceptors (Lipinski definition) is 3. The Balaban J connectivity index is 2.66. The molecule has 0 aromatic heterocycles. The molecule has 1 unspecified atom stereocenters. The van der Waals surface area contributed by atoms with Crippen molar-refractivity contribution < 1.29 is 9.59 Å². The van der Waals surface area contributed by atoms with E-state index >= 15 is 0 Å². The van der Waals surface area contributed by atoms with Crippen LogP contribution in [0.25, 0.3) is 0 Å². The van der Waals surface area contributed by atoms with E-state index in [1.165, 1.54) is 0 Å². The van der Waals surface area contributed by atoms with Crippen molar-refractivity contribution in [2.24, 2.45) is 0 Å². The highest BCUT2D eigenvalue weighted by atomic mass is 35.5. The summed E-state index contributed by atoms with van der Waals surface area (Å²) in [6.45, 7) is 7.10. The van der Waals surface area contributed by atoms with Gasteiger partial charge in [-0.1, -0.05) is 23.2 Å². The molecule has 1 atom stereocenters. The van der Waals surface area contributed by atoms with Crippen LogP contribution in [0.5, 0.6) is 0 Å². The normalized spacial score (nSPS) is 12.1. The van der Waals surface area contributed by atoms with Crippen molar-refractivity contribution in [3.05, 3.63) is 28.2 Å². The zero-order chi connectivity index (χ0) is 17.6. The molecule has 0 aliphatic heterocycles. The average Bonchev–Trinajstić information content (AvgIpc) is 2.50. The van der Waals surface area contributed by atoms with Gasteiger partial charge >= 0.3 is 0 Å². The number of likely N-dealkylation sites (N-methyl/N-ethyl adjacent to an activating group) is 2. The van der Waals surface area contributed by atoms with Crippen LogP contribution in [0.1, 0.15) is 20.8 Å². The summed E-state index contributed by atoms with van der Waals surface area (Å²) in [5.74, 6) is -0.231. The lowest BCUT2D eigenvalue weighted by Crippen LogP contribution is -2.46. The maximum atomic E-state index is 12.3. The fourth-order valence-electron chi connectivity index (χ4n) is 2.05. The van der Waals surface area contributed by atoms with Gasteiger partial charge in [-0.25, -0.2) is 0 Å². The van der Waals surface area contributed by atoms with Crippen molar-refractivity contribution >= 4 is 40.7 Å². The molecule has 0 radical (unpaired) electrons. The van der Waals surface area contributed by atoms with Crippen LogP contribution in [-0.4, -0.2) is 54.3 Å². The maximum absolute atomic E-state index is 12.3. The number of carbonyl (C=O) groups excluding carboxylic acids is 2. The minimum absolute atomic E-state index is 0.00155. The summed E-state index contributed by atoms with van der Waals surface area (Å²) < 4.78 is 0. The van der Waals surface area contributed by atoms with Crippen LogP contribution in [0.15, 0.2) is 18.2 Å². The van der Waals surface area contributed by atoms with Crippen LogP contribution in [0.2, 0.25) is 10.0 Å². The van der Waals surface area contributed by atoms with Gasteiger partial charge in [0.1, 0.15) is 0 Å². The summed E-state index contributed by atoms with van der Waals surface area (Å²) in [6.07, 6.45) is 0. The van der Waals surface area contributed by atoms with Gasteiger partial charge in [-0.15, -0.1) is 0 Å². The van der Waals surface area contributed by atoms with Gasteiger partial charge in [0, 0.05) is 18.1 Å². The van der Waals surface area contributed by atoms with E-state index in [9.17, 15) is 9.59 Å². The highest BCUT2D eigenvalue weighted by Crippen LogP contribution is 2.25. The first-order valence-electron chi connectivity index (χ1n) is 7.54. The molecule has 1 aromatic carbocycles. The predicted octanol–water partition coefficient (Wildman–Crippen LogP) is 3.12. The van der Waals surface area contributed by atoms with Gasteiger partial charge in [0.15, 0.2) is 0 Å². The lowest BCUT2D eigenvalue weighted by Gasteiger charge is -2.26. The number of anilines is 1. The monoisotopic (exact) mass is 359 g/mol. The third-order valence-corrected chi connectivity index (χ3v) is 4.28. The molecule has 5 nitrogen and oxygen atoms in total. The first-order chi connectivity index (χ1) is 10.8. The molecule has 1 N–H and O–H groups in total. The lowest BCUT2D eigenvalue weighted by atomic mass is 10.2. The minimum Gasteiger partial charge on any atom is -0.342 e. The summed E-state index contributed by atoms with van der Waals surface area (Å²) in [5, 5.41) is 3.63. The molecular formula is C16H23Cl2N3O2. The lowest BCUT2D eigenvalue weighted by molar-refractivity contribution is -0.133. The summed E-state index contributed by atoms with van der Waals surface area (Å²) >= 11 is 11.9. The second-order valence-electron chi connectivity index (χ2n) is 5.27. The number of halogens is 2. The number of rotatable bonds is 7. The molecule has 7 heteroatoms. The molecule has 1 aromatic rings. The quantitative estimate of drug-likeness (QED) is 0.813. The van der Waals surface area contributed by atoms with Crippen LogP contribution in [0.4, 0.5) is 5.69 Å². The van der Waals surface area contributed by atoms with Gasteiger partial charge in [0.25, 0.3) is 0 Å². The van der Waals surface area contributed by atoms with E-state index in [1.807, 2.05) is 13.8 Å². The first kappa shape index (κ1) is 19.7. The van der Waals surface area contributed by atoms with E-state index < -0.39 is 6.04 Å². The Morgan fingerprint density at radius 3 is 2.35 bits per heavy atom. The molecule has 0 saturated heterocycles. The smallest absolute Gasteiger partial charge is 0.241 e. The van der Waals surface area contributed by atoms with E-state index in [1.54, 1.807) is 42.0 Å². The number of nitrogens with zero attached hydrogens (tertiary/aromatic N) is 2. The molecule has 0 bridgehead atoms. The molecule has 23 heavy (non-hydrogen) atoms. The van der Waals surface area contributed by atoms with Gasteiger partial charge in [0.05, 0.1) is 23.3 Å². The van der Waals surface area contributed by atoms with E-state index in [2.05, 4.69) is 5.32 Å². The zero-order valence-electron chi connectivity index (χ0n) is 13.9. The van der Waals surface area contributed by atoms with Crippen molar-refractivity contribution in [1.82, 2.24) is 9.80 Å². The molecule has 0 aliphatic rings. The van der Waals surface area contributed by atoms with Crippen LogP contribution >= 0.6 is 23.2 Å². The molecule has 0 aliphatic carbocycles. The van der Waals surface area contributed by atoms with Crippen LogP contribution in [0, 0.1) is 0 Å². The number of benzene rings is 1. The van der Waals surface area contributed by atoms with Gasteiger partial charge in [-0.05, 0) is 46.0 Å². The van der Waals surface area contributed by atoms with Crippen LogP contribution < -0.4 is 5.32 Å². The second-order valence-corrected chi connectivity index (χ2v) is 6.11. The summed E-state index contributed by atoms with van der Waals surface area (Å²) in [5.41, 5.74) is 0.497. The molecule has 1 rings (SSSR count). The Hall–Kier alpha value is -1.30. The Bertz CT molecular complexity index is 562. The summed E-state index contributed by atoms with van der Waals surface area (Å²) in [4.78, 5) is 27.9. The van der Waals surface area contributed by atoms with Crippen molar-refractivity contribution in [1.29, 1.82) is 0 Å². The maximum Gasteiger partial charge on any atom is 0.241 e. The van der Waals surface area contributed by atoms with Crippen molar-refractivity contribution in [3.8, 4) is 0 Å². The van der Waals surface area contributed by atoms with Crippen molar-refractivity contribution in [3.63, 3.8) is 0 Å². The minimum atomic E-state index is -0.471. The zero-order valence-corrected chi connectivity index (χ0v) is 15.4. The standard InChI is InChI=1S/C16H23Cl2N3O2/c1-5-21(6-2)15(22)10-20(4)11(3)16(23)19-14-8-7-12(17)9-13(14)18/h7-9,11H,5-6,10H2,1-4H3,(H,19,23). The Morgan fingerprint density at radius 1 is 1.22 bits per heavy atom. The highest BCUT2D eigenvalue weighted by Gasteiger charge is 2.22. The highest BCUT2D eigenvalue weighted by molar-refractivity contribution is 6.36. The number of hydrogen-bond donors (Lipinski definition) is 1. The van der Waals surface area contributed by atoms with Gasteiger partial charge < -0.3 is 10.2 Å². The third-order valence-electron chi connectivity index (χ3n) is 3.73. The average molecular weight is 360 g/mol. The fourth-order valence-corrected chi connectivity index (χ4v) is 2.51. The van der Waals surface area contributed by atoms with Gasteiger partial charge in [-0.2, -0.15) is 0 Å². The SMILES string of the molecule is CCN(CC)C(=O)CN(C)C(C)C(=O)Nc1ccc(Cl)cc1Cl. The van der Waals surface area contributed by atoms with E-state index in [0.29, 0.717) is 28.8 Å². The van der Waals surface area contributed by atoms with Crippen LogP contribution in [0.3, 0.4) is 0 Å². The Morgan fingerprint density at radius 2 is 1.83 bits per heavy atom. The van der Waals surface area contributed by atoms with Gasteiger partial charge in [-0.3, -0.25) is 14.5 Å². The van der Waals surface area contributed by atoms with Crippen molar-refractivity contribution in [2.75, 3.05) is 32.0 Å².